The van der Waals surface area contributed by atoms with Crippen molar-refractivity contribution in [1.29, 1.82) is 0 Å². The smallest absolute Gasteiger partial charge is 0.0574 e. The van der Waals surface area contributed by atoms with Gasteiger partial charge in [0, 0.05) is 27.8 Å². The van der Waals surface area contributed by atoms with E-state index in [1.807, 2.05) is 21.0 Å². The molecule has 0 saturated heterocycles. The fraction of sp³-hybridized carbons (Fsp3) is 1.00. The highest BCUT2D eigenvalue weighted by molar-refractivity contribution is 3.97. The summed E-state index contributed by atoms with van der Waals surface area (Å²) in [6.45, 7) is 2.78. The molecule has 0 aliphatic heterocycles. The summed E-state index contributed by atoms with van der Waals surface area (Å²) in [5.74, 6) is 0. The fourth-order valence-corrected chi connectivity index (χ4v) is 0. The summed E-state index contributed by atoms with van der Waals surface area (Å²) >= 11 is 0. The molecule has 0 unspecified atom stereocenters. The van der Waals surface area contributed by atoms with Crippen LogP contribution in [0.4, 0.5) is 0 Å². The lowest BCUT2D eigenvalue weighted by Gasteiger charge is -2.01. The van der Waals surface area contributed by atoms with Gasteiger partial charge in [0.05, 0.1) is 7.11 Å². The second-order valence-electron chi connectivity index (χ2n) is 1.57. The highest BCUT2D eigenvalue weighted by Crippen LogP contribution is 1.64. The first-order chi connectivity index (χ1) is 4.18. The third-order valence-electron chi connectivity index (χ3n) is 0.654. The van der Waals surface area contributed by atoms with E-state index in [4.69, 9.17) is 0 Å². The van der Waals surface area contributed by atoms with Crippen LogP contribution in [0.3, 0.4) is 0 Å². The molecule has 0 aromatic rings. The highest BCUT2D eigenvalue weighted by atomic mass is 16.7. The number of nitrogens with zero attached hydrogens (tertiary/aromatic N) is 1. The number of hydrogen-bond donors (Lipinski definition) is 0. The van der Waals surface area contributed by atoms with E-state index in [-0.39, 0.29) is 0 Å². The van der Waals surface area contributed by atoms with Crippen molar-refractivity contribution in [2.45, 2.75) is 6.92 Å². The molecule has 3 heteroatoms. The Labute approximate surface area is 57.5 Å². The van der Waals surface area contributed by atoms with Gasteiger partial charge in [-0.3, -0.25) is 0 Å². The first-order valence-electron chi connectivity index (χ1n) is 2.89. The molecule has 0 fully saturated rings. The predicted octanol–water partition coefficient (Wildman–Crippen LogP) is 0.762. The second kappa shape index (κ2) is 10.8. The molecule has 9 heavy (non-hydrogen) atoms. The second-order valence-corrected chi connectivity index (χ2v) is 1.57. The summed E-state index contributed by atoms with van der Waals surface area (Å²) in [6, 6.07) is 0. The molecule has 0 aliphatic carbocycles. The van der Waals surface area contributed by atoms with Gasteiger partial charge in [-0.2, -0.15) is 5.06 Å². The molecule has 3 nitrogen and oxygen atoms in total. The molecular weight excluding hydrogens is 118 g/mol. The van der Waals surface area contributed by atoms with Crippen LogP contribution in [-0.4, -0.2) is 40.0 Å². The van der Waals surface area contributed by atoms with E-state index < -0.39 is 0 Å². The van der Waals surface area contributed by atoms with Crippen molar-refractivity contribution >= 4 is 0 Å². The van der Waals surface area contributed by atoms with Crippen molar-refractivity contribution < 1.29 is 9.57 Å². The first kappa shape index (κ1) is 11.6. The van der Waals surface area contributed by atoms with Crippen molar-refractivity contribution in [2.75, 3.05) is 34.9 Å². The highest BCUT2D eigenvalue weighted by Gasteiger charge is 1.70. The lowest BCUT2D eigenvalue weighted by Crippen LogP contribution is -2.07. The van der Waals surface area contributed by atoms with Crippen LogP contribution < -0.4 is 0 Å². The zero-order chi connectivity index (χ0) is 7.70. The molecule has 58 valence electrons. The van der Waals surface area contributed by atoms with E-state index in [0.29, 0.717) is 0 Å². The number of methoxy groups -OCH3 is 1. The SMILES string of the molecule is CCOC.CON(C)C. The van der Waals surface area contributed by atoms with Gasteiger partial charge < -0.3 is 9.57 Å². The van der Waals surface area contributed by atoms with E-state index in [0.717, 1.165) is 6.61 Å². The van der Waals surface area contributed by atoms with E-state index in [2.05, 4.69) is 9.57 Å². The Balaban J connectivity index is 0. The Hall–Kier alpha value is -0.120. The van der Waals surface area contributed by atoms with Crippen molar-refractivity contribution in [3.05, 3.63) is 0 Å². The van der Waals surface area contributed by atoms with E-state index in [1.54, 1.807) is 19.3 Å². The van der Waals surface area contributed by atoms with Crippen LogP contribution in [0.5, 0.6) is 0 Å². The maximum Gasteiger partial charge on any atom is 0.0574 e. The summed E-state index contributed by atoms with van der Waals surface area (Å²) in [5, 5.41) is 1.62. The van der Waals surface area contributed by atoms with Crippen molar-refractivity contribution in [3.8, 4) is 0 Å². The summed E-state index contributed by atoms with van der Waals surface area (Å²) in [5.41, 5.74) is 0. The van der Waals surface area contributed by atoms with E-state index >= 15 is 0 Å². The summed E-state index contributed by atoms with van der Waals surface area (Å²) in [4.78, 5) is 4.58. The van der Waals surface area contributed by atoms with E-state index in [1.165, 1.54) is 0 Å². The molecule has 0 N–H and O–H groups in total. The van der Waals surface area contributed by atoms with Crippen LogP contribution in [0.1, 0.15) is 6.92 Å². The van der Waals surface area contributed by atoms with Gasteiger partial charge in [-0.1, -0.05) is 0 Å². The van der Waals surface area contributed by atoms with Crippen LogP contribution >= 0.6 is 0 Å². The minimum Gasteiger partial charge on any atom is -0.385 e. The minimum atomic E-state index is 0.819. The van der Waals surface area contributed by atoms with Gasteiger partial charge in [-0.25, -0.2) is 0 Å². The Morgan fingerprint density at radius 2 is 1.44 bits per heavy atom. The lowest BCUT2D eigenvalue weighted by molar-refractivity contribution is -0.0855. The first-order valence-corrected chi connectivity index (χ1v) is 2.89. The van der Waals surface area contributed by atoms with Crippen molar-refractivity contribution in [3.63, 3.8) is 0 Å². The number of hydroxylamine groups is 2. The molecule has 0 heterocycles. The maximum atomic E-state index is 4.58. The van der Waals surface area contributed by atoms with Crippen LogP contribution in [0.15, 0.2) is 0 Å². The van der Waals surface area contributed by atoms with Gasteiger partial charge in [0.1, 0.15) is 0 Å². The monoisotopic (exact) mass is 135 g/mol. The zero-order valence-corrected chi connectivity index (χ0v) is 6.97. The average molecular weight is 135 g/mol. The molecule has 0 spiro atoms. The van der Waals surface area contributed by atoms with Crippen LogP contribution in [0.25, 0.3) is 0 Å². The number of rotatable bonds is 2. The van der Waals surface area contributed by atoms with Gasteiger partial charge in [0.15, 0.2) is 0 Å². The molecule has 0 aliphatic rings. The van der Waals surface area contributed by atoms with Crippen LogP contribution in [-0.2, 0) is 9.57 Å². The molecule has 0 saturated carbocycles. The Bertz CT molecular complexity index is 38.0. The molecule has 0 amide bonds. The Kier molecular flexibility index (Phi) is 14.0. The molecular formula is C6H17NO2. The van der Waals surface area contributed by atoms with Crippen LogP contribution in [0, 0.1) is 0 Å². The minimum absolute atomic E-state index is 0.819. The van der Waals surface area contributed by atoms with Gasteiger partial charge >= 0.3 is 0 Å². The van der Waals surface area contributed by atoms with Crippen molar-refractivity contribution in [2.24, 2.45) is 0 Å². The summed E-state index contributed by atoms with van der Waals surface area (Å²) < 4.78 is 4.54. The van der Waals surface area contributed by atoms with Gasteiger partial charge in [0.25, 0.3) is 0 Å². The molecule has 0 aromatic heterocycles. The average Bonchev–Trinajstić information content (AvgIpc) is 1.89. The Morgan fingerprint density at radius 3 is 1.44 bits per heavy atom. The number of hydrogen-bond acceptors (Lipinski definition) is 3. The topological polar surface area (TPSA) is 21.7 Å². The molecule has 0 radical (unpaired) electrons. The van der Waals surface area contributed by atoms with Crippen LogP contribution in [0.2, 0.25) is 0 Å². The zero-order valence-electron chi connectivity index (χ0n) is 6.97. The fourth-order valence-electron chi connectivity index (χ4n) is 0. The third kappa shape index (κ3) is 32.8. The maximum absolute atomic E-state index is 4.58. The van der Waals surface area contributed by atoms with E-state index in [9.17, 15) is 0 Å². The van der Waals surface area contributed by atoms with Crippen molar-refractivity contribution in [1.82, 2.24) is 5.06 Å². The standard InChI is InChI=1S/C3H9NO.C3H8O/c1-4(2)5-3;1-3-4-2/h1-3H3;3H2,1-2H3. The largest absolute Gasteiger partial charge is 0.385 e. The van der Waals surface area contributed by atoms with Gasteiger partial charge in [0.2, 0.25) is 0 Å². The predicted molar refractivity (Wildman–Crippen MR) is 38.2 cm³/mol. The summed E-state index contributed by atoms with van der Waals surface area (Å²) in [6.07, 6.45) is 0. The molecule has 0 bridgehead atoms. The molecule has 0 atom stereocenters. The molecule has 0 aromatic carbocycles. The Morgan fingerprint density at radius 1 is 1.22 bits per heavy atom. The quantitative estimate of drug-likeness (QED) is 0.522. The van der Waals surface area contributed by atoms with Gasteiger partial charge in [-0.05, 0) is 6.92 Å². The summed E-state index contributed by atoms with van der Waals surface area (Å²) in [7, 11) is 6.97. The normalized spacial score (nSPS) is 8.67. The lowest BCUT2D eigenvalue weighted by atomic mass is 10.9. The molecule has 0 rings (SSSR count). The van der Waals surface area contributed by atoms with Gasteiger partial charge in [-0.15, -0.1) is 0 Å². The number of ether oxygens (including phenoxy) is 1. The third-order valence-corrected chi connectivity index (χ3v) is 0.654.